The zero-order valence-electron chi connectivity index (χ0n) is 12.9. The number of esters is 1. The van der Waals surface area contributed by atoms with Crippen LogP contribution in [0, 0.1) is 5.82 Å². The number of nitrogens with one attached hydrogen (secondary N) is 1. The van der Waals surface area contributed by atoms with Crippen LogP contribution in [0.4, 0.5) is 4.39 Å². The van der Waals surface area contributed by atoms with Crippen LogP contribution in [0.5, 0.6) is 0 Å². The van der Waals surface area contributed by atoms with E-state index in [9.17, 15) is 14.0 Å². The van der Waals surface area contributed by atoms with Gasteiger partial charge in [-0.25, -0.2) is 9.18 Å². The van der Waals surface area contributed by atoms with Crippen molar-refractivity contribution in [1.29, 1.82) is 0 Å². The number of amides is 1. The van der Waals surface area contributed by atoms with Crippen molar-refractivity contribution < 1.29 is 18.7 Å². The molecule has 1 atom stereocenters. The molecule has 124 valence electrons. The summed E-state index contributed by atoms with van der Waals surface area (Å²) in [6, 6.07) is 9.16. The number of benzene rings is 2. The summed E-state index contributed by atoms with van der Waals surface area (Å²) >= 11 is 5.86. The van der Waals surface area contributed by atoms with Gasteiger partial charge in [-0.05, 0) is 48.2 Å². The van der Waals surface area contributed by atoms with Gasteiger partial charge in [0.15, 0.2) is 0 Å². The fraction of sp³-hybridized carbons (Fsp3) is 0.222. The molecule has 0 spiro atoms. The Hall–Kier alpha value is -2.40. The van der Waals surface area contributed by atoms with Crippen LogP contribution in [0.1, 0.15) is 44.3 Å². The first kappa shape index (κ1) is 16.5. The van der Waals surface area contributed by atoms with Gasteiger partial charge in [0.1, 0.15) is 5.82 Å². The molecule has 1 unspecified atom stereocenters. The Balaban J connectivity index is 1.85. The highest BCUT2D eigenvalue weighted by atomic mass is 35.5. The molecule has 0 aromatic heterocycles. The SMILES string of the molecule is COC(=O)c1ccc2c(c1)C(NC(=O)c1cccc(F)c1Cl)CC2. The lowest BCUT2D eigenvalue weighted by Crippen LogP contribution is -2.27. The van der Waals surface area contributed by atoms with E-state index in [1.54, 1.807) is 12.1 Å². The molecule has 6 heteroatoms. The average molecular weight is 348 g/mol. The molecule has 0 fully saturated rings. The van der Waals surface area contributed by atoms with E-state index in [-0.39, 0.29) is 16.6 Å². The Morgan fingerprint density at radius 1 is 1.29 bits per heavy atom. The molecule has 1 N–H and O–H groups in total. The number of halogens is 2. The predicted molar refractivity (Wildman–Crippen MR) is 87.7 cm³/mol. The zero-order chi connectivity index (χ0) is 17.3. The van der Waals surface area contributed by atoms with Gasteiger partial charge in [-0.1, -0.05) is 23.7 Å². The minimum atomic E-state index is -0.635. The van der Waals surface area contributed by atoms with E-state index in [4.69, 9.17) is 16.3 Å². The van der Waals surface area contributed by atoms with Crippen molar-refractivity contribution in [3.63, 3.8) is 0 Å². The molecule has 0 bridgehead atoms. The molecule has 2 aromatic carbocycles. The Morgan fingerprint density at radius 3 is 2.83 bits per heavy atom. The number of methoxy groups -OCH3 is 1. The number of hydrogen-bond donors (Lipinski definition) is 1. The smallest absolute Gasteiger partial charge is 0.337 e. The maximum absolute atomic E-state index is 13.5. The second kappa shape index (κ2) is 6.61. The van der Waals surface area contributed by atoms with Gasteiger partial charge in [0.25, 0.3) is 5.91 Å². The molecule has 0 saturated heterocycles. The molecule has 2 aromatic rings. The van der Waals surface area contributed by atoms with Crippen LogP contribution in [-0.2, 0) is 11.2 Å². The summed E-state index contributed by atoms with van der Waals surface area (Å²) < 4.78 is 18.2. The highest BCUT2D eigenvalue weighted by molar-refractivity contribution is 6.34. The average Bonchev–Trinajstić information content (AvgIpc) is 2.98. The number of hydrogen-bond acceptors (Lipinski definition) is 3. The Bertz CT molecular complexity index is 822. The third kappa shape index (κ3) is 2.99. The molecule has 0 radical (unpaired) electrons. The van der Waals surface area contributed by atoms with Gasteiger partial charge < -0.3 is 10.1 Å². The molecular weight excluding hydrogens is 333 g/mol. The number of fused-ring (bicyclic) bond motifs is 1. The lowest BCUT2D eigenvalue weighted by Gasteiger charge is -2.15. The quantitative estimate of drug-likeness (QED) is 0.862. The second-order valence-corrected chi connectivity index (χ2v) is 5.95. The Labute approximate surface area is 143 Å². The fourth-order valence-corrected chi connectivity index (χ4v) is 3.12. The minimum Gasteiger partial charge on any atom is -0.465 e. The largest absolute Gasteiger partial charge is 0.465 e. The summed E-state index contributed by atoms with van der Waals surface area (Å²) in [5, 5.41) is 2.66. The lowest BCUT2D eigenvalue weighted by atomic mass is 10.0. The molecule has 1 aliphatic rings. The Kier molecular flexibility index (Phi) is 4.53. The van der Waals surface area contributed by atoms with E-state index in [1.165, 1.54) is 25.3 Å². The first-order chi connectivity index (χ1) is 11.5. The maximum atomic E-state index is 13.5. The summed E-state index contributed by atoms with van der Waals surface area (Å²) in [6.45, 7) is 0. The molecule has 3 rings (SSSR count). The first-order valence-corrected chi connectivity index (χ1v) is 7.85. The molecule has 0 aliphatic heterocycles. The van der Waals surface area contributed by atoms with E-state index in [0.29, 0.717) is 12.0 Å². The molecule has 0 saturated carbocycles. The minimum absolute atomic E-state index is 0.0919. The topological polar surface area (TPSA) is 55.4 Å². The number of carbonyl (C=O) groups excluding carboxylic acids is 2. The molecular formula is C18H15ClFNO3. The van der Waals surface area contributed by atoms with Crippen molar-refractivity contribution in [2.24, 2.45) is 0 Å². The van der Waals surface area contributed by atoms with Gasteiger partial charge in [-0.2, -0.15) is 0 Å². The van der Waals surface area contributed by atoms with Gasteiger partial charge in [0.2, 0.25) is 0 Å². The van der Waals surface area contributed by atoms with Crippen LogP contribution in [0.25, 0.3) is 0 Å². The number of aryl methyl sites for hydroxylation is 1. The summed E-state index contributed by atoms with van der Waals surface area (Å²) in [4.78, 5) is 24.1. The van der Waals surface area contributed by atoms with Gasteiger partial charge in [-0.3, -0.25) is 4.79 Å². The highest BCUT2D eigenvalue weighted by Gasteiger charge is 2.26. The van der Waals surface area contributed by atoms with E-state index < -0.39 is 17.7 Å². The summed E-state index contributed by atoms with van der Waals surface area (Å²) in [5.41, 5.74) is 2.47. The van der Waals surface area contributed by atoms with E-state index in [1.807, 2.05) is 6.07 Å². The number of ether oxygens (including phenoxy) is 1. The van der Waals surface area contributed by atoms with Crippen LogP contribution >= 0.6 is 11.6 Å². The standard InChI is InChI=1S/C18H15ClFNO3/c1-24-18(23)11-6-5-10-7-8-15(13(10)9-11)21-17(22)12-3-2-4-14(20)16(12)19/h2-6,9,15H,7-8H2,1H3,(H,21,22). The molecule has 1 aliphatic carbocycles. The molecule has 0 heterocycles. The summed E-state index contributed by atoms with van der Waals surface area (Å²) in [5.74, 6) is -1.51. The van der Waals surface area contributed by atoms with Gasteiger partial charge in [0.05, 0.1) is 29.3 Å². The zero-order valence-corrected chi connectivity index (χ0v) is 13.7. The van der Waals surface area contributed by atoms with Crippen LogP contribution in [0.3, 0.4) is 0 Å². The van der Waals surface area contributed by atoms with E-state index in [0.717, 1.165) is 17.5 Å². The number of carbonyl (C=O) groups is 2. The van der Waals surface area contributed by atoms with Gasteiger partial charge in [-0.15, -0.1) is 0 Å². The second-order valence-electron chi connectivity index (χ2n) is 5.57. The van der Waals surface area contributed by atoms with Crippen molar-refractivity contribution in [2.75, 3.05) is 7.11 Å². The monoisotopic (exact) mass is 347 g/mol. The summed E-state index contributed by atoms with van der Waals surface area (Å²) in [7, 11) is 1.32. The third-order valence-electron chi connectivity index (χ3n) is 4.15. The maximum Gasteiger partial charge on any atom is 0.337 e. The van der Waals surface area contributed by atoms with Crippen molar-refractivity contribution >= 4 is 23.5 Å². The normalized spacial score (nSPS) is 15.7. The van der Waals surface area contributed by atoms with Gasteiger partial charge in [0, 0.05) is 0 Å². The van der Waals surface area contributed by atoms with Crippen molar-refractivity contribution in [3.8, 4) is 0 Å². The molecule has 24 heavy (non-hydrogen) atoms. The Morgan fingerprint density at radius 2 is 2.08 bits per heavy atom. The fourth-order valence-electron chi connectivity index (χ4n) is 2.91. The number of rotatable bonds is 3. The molecule has 4 nitrogen and oxygen atoms in total. The summed E-state index contributed by atoms with van der Waals surface area (Å²) in [6.07, 6.45) is 1.50. The van der Waals surface area contributed by atoms with Crippen LogP contribution in [-0.4, -0.2) is 19.0 Å². The predicted octanol–water partition coefficient (Wildman–Crippen LogP) is 3.68. The molecule has 1 amide bonds. The lowest BCUT2D eigenvalue weighted by molar-refractivity contribution is 0.0600. The van der Waals surface area contributed by atoms with E-state index >= 15 is 0 Å². The van der Waals surface area contributed by atoms with Crippen molar-refractivity contribution in [1.82, 2.24) is 5.32 Å². The van der Waals surface area contributed by atoms with Crippen molar-refractivity contribution in [2.45, 2.75) is 18.9 Å². The third-order valence-corrected chi connectivity index (χ3v) is 4.53. The van der Waals surface area contributed by atoms with Crippen molar-refractivity contribution in [3.05, 3.63) is 69.5 Å². The van der Waals surface area contributed by atoms with Crippen LogP contribution < -0.4 is 5.32 Å². The highest BCUT2D eigenvalue weighted by Crippen LogP contribution is 2.32. The van der Waals surface area contributed by atoms with Crippen LogP contribution in [0.2, 0.25) is 5.02 Å². The van der Waals surface area contributed by atoms with Gasteiger partial charge >= 0.3 is 5.97 Å². The first-order valence-electron chi connectivity index (χ1n) is 7.47. The van der Waals surface area contributed by atoms with E-state index in [2.05, 4.69) is 5.32 Å². The van der Waals surface area contributed by atoms with Crippen LogP contribution in [0.15, 0.2) is 36.4 Å².